The average molecular weight is 319 g/mol. The molecule has 6 heteroatoms. The first-order valence-electron chi connectivity index (χ1n) is 7.54. The fourth-order valence-corrected chi connectivity index (χ4v) is 3.14. The Labute approximate surface area is 134 Å². The molecule has 0 unspecified atom stereocenters. The van der Waals surface area contributed by atoms with Crippen molar-refractivity contribution in [2.75, 3.05) is 11.9 Å². The van der Waals surface area contributed by atoms with Gasteiger partial charge in [0, 0.05) is 19.3 Å². The van der Waals surface area contributed by atoms with Crippen LogP contribution in [-0.4, -0.2) is 27.3 Å². The number of rotatable bonds is 3. The molecule has 1 aliphatic rings. The molecule has 0 spiro atoms. The maximum atomic E-state index is 12.6. The minimum atomic E-state index is -0.112. The van der Waals surface area contributed by atoms with Crippen LogP contribution in [0.2, 0.25) is 5.02 Å². The summed E-state index contributed by atoms with van der Waals surface area (Å²) in [5.74, 6) is 0. The highest BCUT2D eigenvalue weighted by Gasteiger charge is 2.32. The van der Waals surface area contributed by atoms with Crippen molar-refractivity contribution in [3.05, 3.63) is 47.2 Å². The molecule has 1 aromatic heterocycles. The lowest BCUT2D eigenvalue weighted by Crippen LogP contribution is -2.35. The normalized spacial score (nSPS) is 17.7. The second-order valence-electron chi connectivity index (χ2n) is 5.33. The van der Waals surface area contributed by atoms with Crippen LogP contribution in [0.3, 0.4) is 0 Å². The van der Waals surface area contributed by atoms with Crippen molar-refractivity contribution in [3.63, 3.8) is 0 Å². The van der Waals surface area contributed by atoms with E-state index in [9.17, 15) is 4.79 Å². The molecular weight excluding hydrogens is 300 g/mol. The van der Waals surface area contributed by atoms with E-state index in [4.69, 9.17) is 11.6 Å². The monoisotopic (exact) mass is 318 g/mol. The van der Waals surface area contributed by atoms with Gasteiger partial charge in [-0.15, -0.1) is 0 Å². The standard InChI is InChI=1S/C16H19ClN4O/c1-2-21-15(9-10-18-21)14-8-5-11-20(14)16(22)19-13-7-4-3-6-12(13)17/h3-4,6-7,9-10,14H,2,5,8,11H2,1H3,(H,19,22)/t14-/m1/s1. The first-order valence-corrected chi connectivity index (χ1v) is 7.92. The average Bonchev–Trinajstić information content (AvgIpc) is 3.17. The van der Waals surface area contributed by atoms with Gasteiger partial charge in [-0.25, -0.2) is 4.79 Å². The van der Waals surface area contributed by atoms with Crippen molar-refractivity contribution < 1.29 is 4.79 Å². The Kier molecular flexibility index (Phi) is 4.34. The van der Waals surface area contributed by atoms with Crippen LogP contribution in [0.4, 0.5) is 10.5 Å². The molecule has 1 atom stereocenters. The quantitative estimate of drug-likeness (QED) is 0.932. The third kappa shape index (κ3) is 2.81. The number of carbonyl (C=O) groups is 1. The molecule has 0 saturated carbocycles. The van der Waals surface area contributed by atoms with E-state index in [-0.39, 0.29) is 12.1 Å². The number of likely N-dealkylation sites (tertiary alicyclic amines) is 1. The lowest BCUT2D eigenvalue weighted by atomic mass is 10.1. The number of hydrogen-bond donors (Lipinski definition) is 1. The summed E-state index contributed by atoms with van der Waals surface area (Å²) in [6.07, 6.45) is 3.75. The van der Waals surface area contributed by atoms with Gasteiger partial charge in [0.1, 0.15) is 0 Å². The third-order valence-corrected chi connectivity index (χ3v) is 4.35. The number of anilines is 1. The van der Waals surface area contributed by atoms with Gasteiger partial charge in [-0.2, -0.15) is 5.10 Å². The van der Waals surface area contributed by atoms with Gasteiger partial charge in [0.15, 0.2) is 0 Å². The number of para-hydroxylation sites is 1. The molecule has 0 radical (unpaired) electrons. The summed E-state index contributed by atoms with van der Waals surface area (Å²) in [7, 11) is 0. The van der Waals surface area contributed by atoms with Crippen LogP contribution in [0, 0.1) is 0 Å². The molecular formula is C16H19ClN4O. The van der Waals surface area contributed by atoms with Crippen LogP contribution < -0.4 is 5.32 Å². The molecule has 116 valence electrons. The number of hydrogen-bond acceptors (Lipinski definition) is 2. The summed E-state index contributed by atoms with van der Waals surface area (Å²) in [5.41, 5.74) is 1.73. The van der Waals surface area contributed by atoms with Crippen molar-refractivity contribution >= 4 is 23.3 Å². The SMILES string of the molecule is CCn1nccc1[C@H]1CCCN1C(=O)Nc1ccccc1Cl. The van der Waals surface area contributed by atoms with Crippen LogP contribution in [0.5, 0.6) is 0 Å². The smallest absolute Gasteiger partial charge is 0.316 e. The molecule has 22 heavy (non-hydrogen) atoms. The summed E-state index contributed by atoms with van der Waals surface area (Å²) in [6, 6.07) is 9.23. The number of aryl methyl sites for hydroxylation is 1. The maximum Gasteiger partial charge on any atom is 0.322 e. The molecule has 2 amide bonds. The molecule has 1 aromatic carbocycles. The summed E-state index contributed by atoms with van der Waals surface area (Å²) in [6.45, 7) is 3.61. The van der Waals surface area contributed by atoms with E-state index in [1.165, 1.54) is 0 Å². The zero-order chi connectivity index (χ0) is 15.5. The highest BCUT2D eigenvalue weighted by molar-refractivity contribution is 6.33. The van der Waals surface area contributed by atoms with Crippen LogP contribution in [0.15, 0.2) is 36.5 Å². The van der Waals surface area contributed by atoms with Gasteiger partial charge in [-0.05, 0) is 38.0 Å². The Morgan fingerprint density at radius 3 is 3.00 bits per heavy atom. The Bertz CT molecular complexity index is 670. The topological polar surface area (TPSA) is 50.2 Å². The van der Waals surface area contributed by atoms with Crippen molar-refractivity contribution in [2.24, 2.45) is 0 Å². The van der Waals surface area contributed by atoms with Gasteiger partial charge in [0.2, 0.25) is 0 Å². The molecule has 1 aliphatic heterocycles. The number of nitrogens with zero attached hydrogens (tertiary/aromatic N) is 3. The fourth-order valence-electron chi connectivity index (χ4n) is 2.96. The second-order valence-corrected chi connectivity index (χ2v) is 5.74. The molecule has 2 aromatic rings. The van der Waals surface area contributed by atoms with E-state index in [2.05, 4.69) is 17.3 Å². The number of nitrogens with one attached hydrogen (secondary N) is 1. The van der Waals surface area contributed by atoms with Gasteiger partial charge < -0.3 is 10.2 Å². The van der Waals surface area contributed by atoms with Crippen molar-refractivity contribution in [1.29, 1.82) is 0 Å². The second kappa shape index (κ2) is 6.40. The van der Waals surface area contributed by atoms with E-state index >= 15 is 0 Å². The molecule has 3 rings (SSSR count). The van der Waals surface area contributed by atoms with Crippen LogP contribution >= 0.6 is 11.6 Å². The van der Waals surface area contributed by atoms with E-state index in [1.807, 2.05) is 33.8 Å². The number of benzene rings is 1. The lowest BCUT2D eigenvalue weighted by Gasteiger charge is -2.25. The van der Waals surface area contributed by atoms with Gasteiger partial charge in [-0.1, -0.05) is 23.7 Å². The summed E-state index contributed by atoms with van der Waals surface area (Å²) in [5, 5.41) is 7.76. The van der Waals surface area contributed by atoms with E-state index < -0.39 is 0 Å². The number of aromatic nitrogens is 2. The minimum absolute atomic E-state index is 0.0740. The minimum Gasteiger partial charge on any atom is -0.316 e. The highest BCUT2D eigenvalue weighted by atomic mass is 35.5. The predicted octanol–water partition coefficient (Wildman–Crippen LogP) is 3.93. The zero-order valence-corrected chi connectivity index (χ0v) is 13.3. The predicted molar refractivity (Wildman–Crippen MR) is 87.1 cm³/mol. The largest absolute Gasteiger partial charge is 0.322 e. The maximum absolute atomic E-state index is 12.6. The van der Waals surface area contributed by atoms with Crippen molar-refractivity contribution in [1.82, 2.24) is 14.7 Å². The Hall–Kier alpha value is -2.01. The Morgan fingerprint density at radius 1 is 1.41 bits per heavy atom. The molecule has 0 bridgehead atoms. The first-order chi connectivity index (χ1) is 10.7. The Morgan fingerprint density at radius 2 is 2.23 bits per heavy atom. The molecule has 2 heterocycles. The number of amides is 2. The van der Waals surface area contributed by atoms with E-state index in [0.29, 0.717) is 10.7 Å². The Balaban J connectivity index is 1.78. The van der Waals surface area contributed by atoms with Crippen molar-refractivity contribution in [3.8, 4) is 0 Å². The number of carbonyl (C=O) groups excluding carboxylic acids is 1. The third-order valence-electron chi connectivity index (χ3n) is 4.02. The van der Waals surface area contributed by atoms with Crippen molar-refractivity contribution in [2.45, 2.75) is 32.4 Å². The molecule has 1 saturated heterocycles. The van der Waals surface area contributed by atoms with Gasteiger partial charge in [-0.3, -0.25) is 4.68 Å². The lowest BCUT2D eigenvalue weighted by molar-refractivity contribution is 0.204. The van der Waals surface area contributed by atoms with Gasteiger partial charge in [0.25, 0.3) is 0 Å². The van der Waals surface area contributed by atoms with Crippen LogP contribution in [-0.2, 0) is 6.54 Å². The first kappa shape index (κ1) is 14.9. The number of halogens is 1. The highest BCUT2D eigenvalue weighted by Crippen LogP contribution is 2.32. The molecule has 1 fully saturated rings. The summed E-state index contributed by atoms with van der Waals surface area (Å²) < 4.78 is 1.95. The molecule has 1 N–H and O–H groups in total. The fraction of sp³-hybridized carbons (Fsp3) is 0.375. The summed E-state index contributed by atoms with van der Waals surface area (Å²) in [4.78, 5) is 14.5. The van der Waals surface area contributed by atoms with Crippen LogP contribution in [0.1, 0.15) is 31.5 Å². The van der Waals surface area contributed by atoms with Gasteiger partial charge >= 0.3 is 6.03 Å². The number of urea groups is 1. The molecule has 0 aliphatic carbocycles. The van der Waals surface area contributed by atoms with E-state index in [1.54, 1.807) is 12.3 Å². The van der Waals surface area contributed by atoms with Crippen LogP contribution in [0.25, 0.3) is 0 Å². The van der Waals surface area contributed by atoms with Gasteiger partial charge in [0.05, 0.1) is 22.4 Å². The van der Waals surface area contributed by atoms with E-state index in [0.717, 1.165) is 31.6 Å². The zero-order valence-electron chi connectivity index (χ0n) is 12.5. The summed E-state index contributed by atoms with van der Waals surface area (Å²) >= 11 is 6.11. The molecule has 5 nitrogen and oxygen atoms in total.